The van der Waals surface area contributed by atoms with Crippen molar-refractivity contribution in [1.82, 2.24) is 4.31 Å². The van der Waals surface area contributed by atoms with Crippen molar-refractivity contribution in [3.8, 4) is 0 Å². The second kappa shape index (κ2) is 10.0. The van der Waals surface area contributed by atoms with Crippen LogP contribution in [0, 0.1) is 6.92 Å². The molecule has 0 unspecified atom stereocenters. The summed E-state index contributed by atoms with van der Waals surface area (Å²) in [7, 11) is -3.59. The number of amides is 1. The van der Waals surface area contributed by atoms with E-state index >= 15 is 0 Å². The highest BCUT2D eigenvalue weighted by molar-refractivity contribution is 7.89. The molecule has 0 fully saturated rings. The number of nitrogens with zero attached hydrogens (tertiary/aromatic N) is 1. The zero-order chi connectivity index (χ0) is 21.6. The van der Waals surface area contributed by atoms with Crippen molar-refractivity contribution in [2.24, 2.45) is 0 Å². The first-order valence-electron chi connectivity index (χ1n) is 10.0. The van der Waals surface area contributed by atoms with Gasteiger partial charge in [-0.05, 0) is 38.5 Å². The highest BCUT2D eigenvalue weighted by Gasteiger charge is 2.25. The first kappa shape index (κ1) is 23.1. The van der Waals surface area contributed by atoms with Gasteiger partial charge in [-0.2, -0.15) is 4.31 Å². The van der Waals surface area contributed by atoms with Gasteiger partial charge in [0.1, 0.15) is 6.04 Å². The molecule has 0 saturated carbocycles. The van der Waals surface area contributed by atoms with Crippen molar-refractivity contribution < 1.29 is 18.5 Å². The van der Waals surface area contributed by atoms with E-state index in [-0.39, 0.29) is 22.9 Å². The largest absolute Gasteiger partial charge is 0.330 e. The molecule has 0 aliphatic rings. The van der Waals surface area contributed by atoms with Crippen LogP contribution < -0.4 is 10.6 Å². The van der Waals surface area contributed by atoms with Gasteiger partial charge in [0, 0.05) is 24.3 Å². The van der Waals surface area contributed by atoms with E-state index in [1.54, 1.807) is 25.1 Å². The summed E-state index contributed by atoms with van der Waals surface area (Å²) in [5, 5.41) is 4.85. The normalized spacial score (nSPS) is 13.9. The number of nitrogens with one attached hydrogen (secondary N) is 1. The maximum atomic E-state index is 12.9. The second-order valence-corrected chi connectivity index (χ2v) is 9.15. The fourth-order valence-electron chi connectivity index (χ4n) is 3.30. The lowest BCUT2D eigenvalue weighted by molar-refractivity contribution is -0.709. The number of benzene rings is 2. The van der Waals surface area contributed by atoms with Gasteiger partial charge >= 0.3 is 0 Å². The standard InChI is InChI=1S/C22H31N3O3S/c1-6-25(7-2)29(27,28)21-15-20(14-13-16(21)3)24-22(26)18(5)23-17(4)19-11-9-8-10-12-19/h8-15,17-18,23H,6-7H2,1-5H3,(H,24,26)/p+1/t17-,18-/m1/s1. The van der Waals surface area contributed by atoms with Crippen LogP contribution in [-0.2, 0) is 14.8 Å². The van der Waals surface area contributed by atoms with Crippen molar-refractivity contribution in [1.29, 1.82) is 0 Å². The molecule has 2 atom stereocenters. The monoisotopic (exact) mass is 418 g/mol. The van der Waals surface area contributed by atoms with Gasteiger partial charge in [-0.15, -0.1) is 0 Å². The smallest absolute Gasteiger partial charge is 0.282 e. The number of nitrogens with two attached hydrogens (primary N) is 1. The first-order chi connectivity index (χ1) is 13.7. The summed E-state index contributed by atoms with van der Waals surface area (Å²) in [6.45, 7) is 10.1. The molecule has 0 heterocycles. The molecule has 0 aromatic heterocycles. The highest BCUT2D eigenvalue weighted by atomic mass is 32.2. The Morgan fingerprint density at radius 3 is 2.28 bits per heavy atom. The van der Waals surface area contributed by atoms with Gasteiger partial charge in [0.25, 0.3) is 5.91 Å². The van der Waals surface area contributed by atoms with E-state index in [0.29, 0.717) is 24.3 Å². The van der Waals surface area contributed by atoms with Crippen molar-refractivity contribution in [2.75, 3.05) is 18.4 Å². The van der Waals surface area contributed by atoms with Crippen LogP contribution in [0.5, 0.6) is 0 Å². The molecule has 0 spiro atoms. The highest BCUT2D eigenvalue weighted by Crippen LogP contribution is 2.23. The van der Waals surface area contributed by atoms with Crippen LogP contribution >= 0.6 is 0 Å². The Bertz CT molecular complexity index is 926. The summed E-state index contributed by atoms with van der Waals surface area (Å²) in [5.41, 5.74) is 2.29. The van der Waals surface area contributed by atoms with Gasteiger partial charge in [-0.25, -0.2) is 8.42 Å². The van der Waals surface area contributed by atoms with E-state index in [1.807, 2.05) is 56.4 Å². The van der Waals surface area contributed by atoms with Crippen molar-refractivity contribution >= 4 is 21.6 Å². The maximum absolute atomic E-state index is 12.9. The van der Waals surface area contributed by atoms with E-state index in [9.17, 15) is 13.2 Å². The van der Waals surface area contributed by atoms with Crippen LogP contribution in [0.4, 0.5) is 5.69 Å². The molecule has 2 aromatic rings. The van der Waals surface area contributed by atoms with Crippen LogP contribution in [-0.4, -0.2) is 37.8 Å². The quantitative estimate of drug-likeness (QED) is 0.657. The predicted molar refractivity (Wildman–Crippen MR) is 116 cm³/mol. The molecule has 0 bridgehead atoms. The average Bonchev–Trinajstić information content (AvgIpc) is 2.70. The minimum atomic E-state index is -3.59. The first-order valence-corrected chi connectivity index (χ1v) is 11.5. The fourth-order valence-corrected chi connectivity index (χ4v) is 5.01. The predicted octanol–water partition coefficient (Wildman–Crippen LogP) is 2.68. The average molecular weight is 419 g/mol. The van der Waals surface area contributed by atoms with E-state index in [2.05, 4.69) is 12.2 Å². The third-order valence-corrected chi connectivity index (χ3v) is 7.29. The van der Waals surface area contributed by atoms with Gasteiger partial charge in [-0.1, -0.05) is 50.2 Å². The van der Waals surface area contributed by atoms with E-state index in [4.69, 9.17) is 0 Å². The number of aryl methyl sites for hydroxylation is 1. The van der Waals surface area contributed by atoms with Gasteiger partial charge < -0.3 is 10.6 Å². The molecule has 0 saturated heterocycles. The number of anilines is 1. The van der Waals surface area contributed by atoms with Crippen molar-refractivity contribution in [2.45, 2.75) is 51.6 Å². The van der Waals surface area contributed by atoms with E-state index in [0.717, 1.165) is 5.56 Å². The Labute approximate surface area is 174 Å². The zero-order valence-corrected chi connectivity index (χ0v) is 18.7. The SMILES string of the molecule is CCN(CC)S(=O)(=O)c1cc(NC(=O)[C@@H](C)[NH2+][C@H](C)c2ccccc2)ccc1C. The molecule has 0 aliphatic carbocycles. The molecule has 2 rings (SSSR count). The molecular formula is C22H32N3O3S+. The number of carbonyl (C=O) groups is 1. The zero-order valence-electron chi connectivity index (χ0n) is 17.8. The lowest BCUT2D eigenvalue weighted by Gasteiger charge is -2.21. The van der Waals surface area contributed by atoms with Crippen LogP contribution in [0.1, 0.15) is 44.9 Å². The Balaban J connectivity index is 2.14. The fraction of sp³-hybridized carbons (Fsp3) is 0.409. The summed E-state index contributed by atoms with van der Waals surface area (Å²) >= 11 is 0. The van der Waals surface area contributed by atoms with Gasteiger partial charge in [0.2, 0.25) is 10.0 Å². The molecule has 7 heteroatoms. The number of quaternary nitrogens is 1. The summed E-state index contributed by atoms with van der Waals surface area (Å²) in [5.74, 6) is -0.164. The molecular weight excluding hydrogens is 386 g/mol. The van der Waals surface area contributed by atoms with Crippen LogP contribution in [0.3, 0.4) is 0 Å². The number of rotatable bonds is 9. The van der Waals surface area contributed by atoms with E-state index < -0.39 is 10.0 Å². The number of carbonyl (C=O) groups excluding carboxylic acids is 1. The number of sulfonamides is 1. The Kier molecular flexibility index (Phi) is 7.96. The van der Waals surface area contributed by atoms with Crippen molar-refractivity contribution in [3.05, 3.63) is 59.7 Å². The molecule has 2 aromatic carbocycles. The van der Waals surface area contributed by atoms with Crippen LogP contribution in [0.25, 0.3) is 0 Å². The lowest BCUT2D eigenvalue weighted by Crippen LogP contribution is -2.91. The summed E-state index contributed by atoms with van der Waals surface area (Å²) < 4.78 is 27.2. The van der Waals surface area contributed by atoms with Gasteiger partial charge in [0.15, 0.2) is 6.04 Å². The summed E-state index contributed by atoms with van der Waals surface area (Å²) in [6, 6.07) is 14.8. The topological polar surface area (TPSA) is 83.1 Å². The molecule has 29 heavy (non-hydrogen) atoms. The second-order valence-electron chi connectivity index (χ2n) is 7.24. The van der Waals surface area contributed by atoms with E-state index in [1.165, 1.54) is 4.31 Å². The molecule has 0 aliphatic heterocycles. The molecule has 0 radical (unpaired) electrons. The van der Waals surface area contributed by atoms with Crippen LogP contribution in [0.15, 0.2) is 53.4 Å². The van der Waals surface area contributed by atoms with Crippen molar-refractivity contribution in [3.63, 3.8) is 0 Å². The van der Waals surface area contributed by atoms with Gasteiger partial charge in [-0.3, -0.25) is 4.79 Å². The summed E-state index contributed by atoms with van der Waals surface area (Å²) in [6.07, 6.45) is 0. The van der Waals surface area contributed by atoms with Gasteiger partial charge in [0.05, 0.1) is 4.90 Å². The number of hydrogen-bond acceptors (Lipinski definition) is 3. The lowest BCUT2D eigenvalue weighted by atomic mass is 10.1. The Morgan fingerprint density at radius 2 is 1.69 bits per heavy atom. The maximum Gasteiger partial charge on any atom is 0.282 e. The molecule has 158 valence electrons. The minimum Gasteiger partial charge on any atom is -0.330 e. The Hall–Kier alpha value is -2.22. The molecule has 6 nitrogen and oxygen atoms in total. The Morgan fingerprint density at radius 1 is 1.07 bits per heavy atom. The third-order valence-electron chi connectivity index (χ3n) is 5.10. The molecule has 3 N–H and O–H groups in total. The van der Waals surface area contributed by atoms with Crippen LogP contribution in [0.2, 0.25) is 0 Å². The minimum absolute atomic E-state index is 0.133. The summed E-state index contributed by atoms with van der Waals surface area (Å²) in [4.78, 5) is 12.9. The molecule has 1 amide bonds. The third kappa shape index (κ3) is 5.65. The number of hydrogen-bond donors (Lipinski definition) is 2.